The molecule has 0 aliphatic heterocycles. The van der Waals surface area contributed by atoms with Crippen LogP contribution >= 0.6 is 0 Å². The van der Waals surface area contributed by atoms with Gasteiger partial charge >= 0.3 is 11.9 Å². The molecule has 0 bridgehead atoms. The van der Waals surface area contributed by atoms with Crippen LogP contribution in [0.4, 0.5) is 0 Å². The number of carboxylic acids is 1. The second-order valence-electron chi connectivity index (χ2n) is 7.58. The van der Waals surface area contributed by atoms with E-state index in [0.29, 0.717) is 19.4 Å². The predicted molar refractivity (Wildman–Crippen MR) is 118 cm³/mol. The highest BCUT2D eigenvalue weighted by molar-refractivity contribution is 5.72. The molecule has 2 heterocycles. The lowest BCUT2D eigenvalue weighted by Gasteiger charge is -2.11. The fourth-order valence-corrected chi connectivity index (χ4v) is 2.85. The zero-order valence-corrected chi connectivity index (χ0v) is 18.3. The fraction of sp³-hybridized carbons (Fsp3) is 0.280. The summed E-state index contributed by atoms with van der Waals surface area (Å²) in [4.78, 5) is 26.2. The fourth-order valence-electron chi connectivity index (χ4n) is 2.85. The van der Waals surface area contributed by atoms with Gasteiger partial charge in [0.25, 0.3) is 0 Å². The lowest BCUT2D eigenvalue weighted by Crippen LogP contribution is -2.28. The molecular weight excluding hydrogens is 408 g/mol. The average molecular weight is 438 g/mol. The first-order valence-electron chi connectivity index (χ1n) is 10.4. The van der Waals surface area contributed by atoms with Crippen LogP contribution in [0, 0.1) is 11.8 Å². The summed E-state index contributed by atoms with van der Waals surface area (Å²) < 4.78 is 6.27. The summed E-state index contributed by atoms with van der Waals surface area (Å²) in [6, 6.07) is 16.8. The topological polar surface area (TPSA) is 101 Å². The minimum atomic E-state index is -0.758. The number of carbonyl (C=O) groups is 2. The third-order valence-electron chi connectivity index (χ3n) is 4.76. The largest absolute Gasteiger partial charge is 0.481 e. The lowest BCUT2D eigenvalue weighted by molar-refractivity contribution is -0.904. The highest BCUT2D eigenvalue weighted by Crippen LogP contribution is 2.10. The Kier molecular flexibility index (Phi) is 9.84. The number of benzene rings is 1. The number of pyridine rings is 2. The van der Waals surface area contributed by atoms with Gasteiger partial charge in [-0.3, -0.25) is 19.8 Å². The molecule has 2 aromatic heterocycles. The van der Waals surface area contributed by atoms with E-state index in [4.69, 9.17) is 15.1 Å². The van der Waals surface area contributed by atoms with E-state index in [1.807, 2.05) is 49.4 Å². The number of carboxylic acid groups (broad SMARTS) is 1. The molecule has 0 radical (unpaired) electrons. The summed E-state index contributed by atoms with van der Waals surface area (Å²) in [7, 11) is 0. The monoisotopic (exact) mass is 437 g/mol. The smallest absolute Gasteiger partial charge is 0.309 e. The van der Waals surface area contributed by atoms with Crippen LogP contribution in [0.25, 0.3) is 0 Å². The van der Waals surface area contributed by atoms with E-state index in [0.717, 1.165) is 21.4 Å². The van der Waals surface area contributed by atoms with Crippen LogP contribution in [0.15, 0.2) is 79.4 Å². The first-order valence-corrected chi connectivity index (χ1v) is 10.4. The lowest BCUT2D eigenvalue weighted by atomic mass is 10.0. The van der Waals surface area contributed by atoms with Crippen molar-refractivity contribution in [3.05, 3.63) is 96.1 Å². The van der Waals surface area contributed by atoms with Gasteiger partial charge in [0.05, 0.1) is 11.8 Å². The summed E-state index contributed by atoms with van der Waals surface area (Å²) in [5.41, 5.74) is 2.98. The molecule has 0 fully saturated rings. The van der Waals surface area contributed by atoms with Crippen LogP contribution in [0.1, 0.15) is 30.5 Å². The maximum absolute atomic E-state index is 11.9. The van der Waals surface area contributed by atoms with E-state index >= 15 is 0 Å². The van der Waals surface area contributed by atoms with Crippen LogP contribution in [-0.4, -0.2) is 27.2 Å². The maximum atomic E-state index is 11.9. The van der Waals surface area contributed by atoms with Gasteiger partial charge in [-0.15, -0.1) is 0 Å². The molecule has 0 saturated heterocycles. The highest BCUT2D eigenvalue weighted by atomic mass is 16.5. The van der Waals surface area contributed by atoms with E-state index in [-0.39, 0.29) is 17.8 Å². The van der Waals surface area contributed by atoms with E-state index in [9.17, 15) is 9.59 Å². The normalized spacial score (nSPS) is 12.1. The Morgan fingerprint density at radius 2 is 1.44 bits per heavy atom. The number of ether oxygens (including phenoxy) is 1. The molecule has 3 aromatic rings. The first-order chi connectivity index (χ1) is 15.3. The Bertz CT molecular complexity index is 963. The zero-order valence-electron chi connectivity index (χ0n) is 18.3. The number of aliphatic carboxylic acids is 1. The summed E-state index contributed by atoms with van der Waals surface area (Å²) in [5, 5.41) is 17.8. The number of aromatic nitrogens is 2. The molecule has 7 nitrogen and oxygen atoms in total. The third-order valence-corrected chi connectivity index (χ3v) is 4.76. The minimum Gasteiger partial charge on any atom is -0.481 e. The molecule has 2 atom stereocenters. The number of hydrogen-bond acceptors (Lipinski definition) is 5. The number of nitrogens with zero attached hydrogens (tertiary/aromatic N) is 2. The maximum Gasteiger partial charge on any atom is 0.309 e. The number of carbonyl (C=O) groups excluding carboxylic acids is 1. The van der Waals surface area contributed by atoms with Crippen LogP contribution in [-0.2, 0) is 33.8 Å². The van der Waals surface area contributed by atoms with Crippen molar-refractivity contribution in [2.45, 2.75) is 33.3 Å². The van der Waals surface area contributed by atoms with E-state index in [2.05, 4.69) is 4.98 Å². The number of esters is 1. The third kappa shape index (κ3) is 8.95. The van der Waals surface area contributed by atoms with Crippen molar-refractivity contribution in [2.24, 2.45) is 11.8 Å². The van der Waals surface area contributed by atoms with Gasteiger partial charge in [0.1, 0.15) is 6.61 Å². The molecule has 0 spiro atoms. The van der Waals surface area contributed by atoms with Crippen molar-refractivity contribution < 1.29 is 29.4 Å². The average Bonchev–Trinajstić information content (AvgIpc) is 2.80. The zero-order chi connectivity index (χ0) is 23.3. The van der Waals surface area contributed by atoms with Crippen LogP contribution in [0.2, 0.25) is 0 Å². The first kappa shape index (κ1) is 24.5. The molecule has 0 aliphatic rings. The van der Waals surface area contributed by atoms with E-state index in [1.165, 1.54) is 12.4 Å². The molecule has 168 valence electrons. The minimum absolute atomic E-state index is 0.213. The Hall–Kier alpha value is -3.74. The second-order valence-corrected chi connectivity index (χ2v) is 7.58. The van der Waals surface area contributed by atoms with Crippen LogP contribution in [0.3, 0.4) is 0 Å². The van der Waals surface area contributed by atoms with Gasteiger partial charge in [-0.1, -0.05) is 44.2 Å². The van der Waals surface area contributed by atoms with Crippen molar-refractivity contribution in [3.8, 4) is 0 Å². The molecule has 32 heavy (non-hydrogen) atoms. The molecule has 7 heteroatoms. The Balaban J connectivity index is 0.000000258. The quantitative estimate of drug-likeness (QED) is 0.318. The van der Waals surface area contributed by atoms with Crippen LogP contribution < -0.4 is 4.73 Å². The van der Waals surface area contributed by atoms with Gasteiger partial charge in [-0.25, -0.2) is 0 Å². The van der Waals surface area contributed by atoms with Crippen molar-refractivity contribution in [2.75, 3.05) is 0 Å². The van der Waals surface area contributed by atoms with Gasteiger partial charge < -0.3 is 9.84 Å². The van der Waals surface area contributed by atoms with E-state index < -0.39 is 5.97 Å². The molecule has 1 aromatic carbocycles. The van der Waals surface area contributed by atoms with Gasteiger partial charge in [0, 0.05) is 29.3 Å². The van der Waals surface area contributed by atoms with Crippen molar-refractivity contribution in [1.82, 2.24) is 4.98 Å². The molecule has 3 rings (SSSR count). The summed E-state index contributed by atoms with van der Waals surface area (Å²) in [5.74, 6) is -1.51. The summed E-state index contributed by atoms with van der Waals surface area (Å²) in [6.07, 6.45) is 7.58. The molecule has 0 aliphatic carbocycles. The molecule has 0 unspecified atom stereocenters. The Morgan fingerprint density at radius 1 is 0.875 bits per heavy atom. The Morgan fingerprint density at radius 3 is 2.03 bits per heavy atom. The predicted octanol–water partition coefficient (Wildman–Crippen LogP) is 3.48. The summed E-state index contributed by atoms with van der Waals surface area (Å²) in [6.45, 7) is 3.84. The van der Waals surface area contributed by atoms with Crippen molar-refractivity contribution >= 4 is 11.9 Å². The SMILES string of the molecule is C[C@@H](Cc1cc[n+](O)cc1)C(=O)OCc1ccccc1.C[C@@H](Cc1ccncc1)C(=O)O. The van der Waals surface area contributed by atoms with Crippen molar-refractivity contribution in [3.63, 3.8) is 0 Å². The molecule has 2 N–H and O–H groups in total. The molecule has 0 saturated carbocycles. The molecular formula is C25H29N2O5+. The van der Waals surface area contributed by atoms with Gasteiger partial charge in [0.2, 0.25) is 12.4 Å². The van der Waals surface area contributed by atoms with E-state index in [1.54, 1.807) is 31.5 Å². The van der Waals surface area contributed by atoms with Crippen molar-refractivity contribution in [1.29, 1.82) is 0 Å². The van der Waals surface area contributed by atoms with Gasteiger partial charge in [-0.2, -0.15) is 0 Å². The van der Waals surface area contributed by atoms with Gasteiger partial charge in [-0.05, 0) is 41.7 Å². The number of hydrogen-bond donors (Lipinski definition) is 2. The highest BCUT2D eigenvalue weighted by Gasteiger charge is 2.16. The van der Waals surface area contributed by atoms with Gasteiger partial charge in [0.15, 0.2) is 0 Å². The van der Waals surface area contributed by atoms with Crippen LogP contribution in [0.5, 0.6) is 0 Å². The number of rotatable bonds is 8. The molecule has 0 amide bonds. The second kappa shape index (κ2) is 12.8. The summed E-state index contributed by atoms with van der Waals surface area (Å²) >= 11 is 0. The standard InChI is InChI=1S/C16H18NO3.C9H11NO2/c1-13(11-14-7-9-17(19)10-8-14)16(18)20-12-15-5-3-2-4-6-15;1-7(9(11)12)6-8-2-4-10-5-3-8/h2-10,13,19H,11-12H2,1H3;2-5,7H,6H2,1H3,(H,11,12)/q+1;/t13-;7-/m00/s1. The Labute approximate surface area is 187 Å².